The summed E-state index contributed by atoms with van der Waals surface area (Å²) >= 11 is 0. The minimum Gasteiger partial charge on any atom is -0.496 e. The van der Waals surface area contributed by atoms with Gasteiger partial charge in [-0.1, -0.05) is 0 Å². The molecule has 122 valence electrons. The fourth-order valence-electron chi connectivity index (χ4n) is 2.71. The molecule has 22 heavy (non-hydrogen) atoms. The van der Waals surface area contributed by atoms with Crippen LogP contribution in [0, 0.1) is 0 Å². The van der Waals surface area contributed by atoms with Crippen LogP contribution >= 0.6 is 0 Å². The molecule has 6 nitrogen and oxygen atoms in total. The van der Waals surface area contributed by atoms with E-state index in [9.17, 15) is 4.79 Å². The smallest absolute Gasteiger partial charge is 0.257 e. The standard InChI is InChI=1S/C16H23NO5/c1-10-8-17(9-11(2)22-10)16(18)12-6-14(20-4)15(21-5)7-13(12)19-3/h6-7,10-11H,8-9H2,1-5H3/t10-,11-/m0/s1. The highest BCUT2D eigenvalue weighted by Crippen LogP contribution is 2.35. The Balaban J connectivity index is 2.35. The molecule has 1 heterocycles. The molecule has 0 aliphatic carbocycles. The van der Waals surface area contributed by atoms with E-state index in [0.717, 1.165) is 0 Å². The molecule has 0 bridgehead atoms. The maximum atomic E-state index is 12.8. The lowest BCUT2D eigenvalue weighted by atomic mass is 10.1. The topological polar surface area (TPSA) is 57.2 Å². The zero-order valence-electron chi connectivity index (χ0n) is 13.7. The van der Waals surface area contributed by atoms with Crippen LogP contribution in [0.4, 0.5) is 0 Å². The average Bonchev–Trinajstić information content (AvgIpc) is 2.51. The second-order valence-electron chi connectivity index (χ2n) is 5.37. The SMILES string of the molecule is COc1cc(OC)c(C(=O)N2C[C@H](C)O[C@@H](C)C2)cc1OC. The molecule has 1 aliphatic heterocycles. The molecule has 2 atom stereocenters. The van der Waals surface area contributed by atoms with E-state index >= 15 is 0 Å². The van der Waals surface area contributed by atoms with E-state index in [1.54, 1.807) is 24.1 Å². The maximum absolute atomic E-state index is 12.8. The molecule has 0 saturated carbocycles. The van der Waals surface area contributed by atoms with Crippen molar-refractivity contribution < 1.29 is 23.7 Å². The van der Waals surface area contributed by atoms with Gasteiger partial charge >= 0.3 is 0 Å². The monoisotopic (exact) mass is 309 g/mol. The van der Waals surface area contributed by atoms with Crippen molar-refractivity contribution in [3.63, 3.8) is 0 Å². The van der Waals surface area contributed by atoms with Crippen LogP contribution in [0.25, 0.3) is 0 Å². The minimum atomic E-state index is -0.0974. The number of carbonyl (C=O) groups is 1. The summed E-state index contributed by atoms with van der Waals surface area (Å²) in [6, 6.07) is 3.32. The average molecular weight is 309 g/mol. The van der Waals surface area contributed by atoms with Gasteiger partial charge in [0.15, 0.2) is 11.5 Å². The minimum absolute atomic E-state index is 0.0128. The van der Waals surface area contributed by atoms with E-state index in [0.29, 0.717) is 35.9 Å². The predicted octanol–water partition coefficient (Wildman–Crippen LogP) is 1.96. The Hall–Kier alpha value is -1.95. The molecule has 1 saturated heterocycles. The lowest BCUT2D eigenvalue weighted by Gasteiger charge is -2.35. The number of benzene rings is 1. The number of carbonyl (C=O) groups excluding carboxylic acids is 1. The molecule has 1 aromatic rings. The largest absolute Gasteiger partial charge is 0.496 e. The van der Waals surface area contributed by atoms with Crippen molar-refractivity contribution >= 4 is 5.91 Å². The normalized spacial score (nSPS) is 21.4. The van der Waals surface area contributed by atoms with Crippen molar-refractivity contribution in [2.75, 3.05) is 34.4 Å². The Bertz CT molecular complexity index is 536. The fourth-order valence-corrected chi connectivity index (χ4v) is 2.71. The van der Waals surface area contributed by atoms with E-state index in [-0.39, 0.29) is 18.1 Å². The maximum Gasteiger partial charge on any atom is 0.257 e. The first-order valence-corrected chi connectivity index (χ1v) is 7.24. The van der Waals surface area contributed by atoms with Crippen LogP contribution in [-0.4, -0.2) is 57.4 Å². The van der Waals surface area contributed by atoms with Crippen molar-refractivity contribution in [3.8, 4) is 17.2 Å². The van der Waals surface area contributed by atoms with Gasteiger partial charge in [0.2, 0.25) is 0 Å². The molecule has 1 aromatic carbocycles. The molecular formula is C16H23NO5. The van der Waals surface area contributed by atoms with Crippen molar-refractivity contribution in [2.45, 2.75) is 26.1 Å². The molecule has 1 amide bonds. The number of hydrogen-bond donors (Lipinski definition) is 0. The number of rotatable bonds is 4. The predicted molar refractivity (Wildman–Crippen MR) is 82.0 cm³/mol. The summed E-state index contributed by atoms with van der Waals surface area (Å²) in [5.41, 5.74) is 0.460. The van der Waals surface area contributed by atoms with Crippen LogP contribution in [0.3, 0.4) is 0 Å². The lowest BCUT2D eigenvalue weighted by molar-refractivity contribution is -0.0586. The number of hydrogen-bond acceptors (Lipinski definition) is 5. The molecule has 0 radical (unpaired) electrons. The Labute approximate surface area is 130 Å². The third-order valence-electron chi connectivity index (χ3n) is 3.64. The Kier molecular flexibility index (Phi) is 5.13. The molecule has 0 unspecified atom stereocenters. The van der Waals surface area contributed by atoms with Gasteiger partial charge in [0.25, 0.3) is 5.91 Å². The van der Waals surface area contributed by atoms with Gasteiger partial charge in [0.1, 0.15) is 5.75 Å². The first kappa shape index (κ1) is 16.4. The van der Waals surface area contributed by atoms with Gasteiger partial charge in [0.05, 0.1) is 39.1 Å². The highest BCUT2D eigenvalue weighted by molar-refractivity contribution is 5.98. The number of nitrogens with zero attached hydrogens (tertiary/aromatic N) is 1. The van der Waals surface area contributed by atoms with Gasteiger partial charge in [-0.3, -0.25) is 4.79 Å². The quantitative estimate of drug-likeness (QED) is 0.851. The van der Waals surface area contributed by atoms with Gasteiger partial charge < -0.3 is 23.8 Å². The summed E-state index contributed by atoms with van der Waals surface area (Å²) < 4.78 is 21.5. The Morgan fingerprint density at radius 1 is 1.00 bits per heavy atom. The molecule has 0 aromatic heterocycles. The van der Waals surface area contributed by atoms with Gasteiger partial charge in [-0.15, -0.1) is 0 Å². The highest BCUT2D eigenvalue weighted by Gasteiger charge is 2.29. The number of methoxy groups -OCH3 is 3. The summed E-state index contributed by atoms with van der Waals surface area (Å²) in [5, 5.41) is 0. The van der Waals surface area contributed by atoms with Gasteiger partial charge in [-0.2, -0.15) is 0 Å². The number of morpholine rings is 1. The molecule has 1 fully saturated rings. The van der Waals surface area contributed by atoms with Crippen molar-refractivity contribution in [2.24, 2.45) is 0 Å². The number of ether oxygens (including phenoxy) is 4. The second kappa shape index (κ2) is 6.87. The summed E-state index contributed by atoms with van der Waals surface area (Å²) in [7, 11) is 4.62. The zero-order chi connectivity index (χ0) is 16.3. The van der Waals surface area contributed by atoms with E-state index in [1.165, 1.54) is 14.2 Å². The lowest BCUT2D eigenvalue weighted by Crippen LogP contribution is -2.48. The molecule has 1 aliphatic rings. The summed E-state index contributed by atoms with van der Waals surface area (Å²) in [6.07, 6.45) is 0.0256. The van der Waals surface area contributed by atoms with Crippen molar-refractivity contribution in [1.29, 1.82) is 0 Å². The first-order chi connectivity index (χ1) is 10.5. The van der Waals surface area contributed by atoms with Crippen molar-refractivity contribution in [1.82, 2.24) is 4.90 Å². The van der Waals surface area contributed by atoms with Crippen LogP contribution in [0.2, 0.25) is 0 Å². The molecule has 0 spiro atoms. The first-order valence-electron chi connectivity index (χ1n) is 7.24. The zero-order valence-corrected chi connectivity index (χ0v) is 13.7. The third kappa shape index (κ3) is 3.27. The van der Waals surface area contributed by atoms with Gasteiger partial charge in [-0.05, 0) is 13.8 Å². The fraction of sp³-hybridized carbons (Fsp3) is 0.562. The van der Waals surface area contributed by atoms with Crippen LogP contribution in [0.15, 0.2) is 12.1 Å². The van der Waals surface area contributed by atoms with Crippen molar-refractivity contribution in [3.05, 3.63) is 17.7 Å². The highest BCUT2D eigenvalue weighted by atomic mass is 16.5. The van der Waals surface area contributed by atoms with Crippen LogP contribution in [-0.2, 0) is 4.74 Å². The van der Waals surface area contributed by atoms with E-state index in [2.05, 4.69) is 0 Å². The summed E-state index contributed by atoms with van der Waals surface area (Å²) in [5.74, 6) is 1.40. The van der Waals surface area contributed by atoms with Crippen LogP contribution in [0.5, 0.6) is 17.2 Å². The van der Waals surface area contributed by atoms with Crippen LogP contribution in [0.1, 0.15) is 24.2 Å². The van der Waals surface area contributed by atoms with E-state index in [1.807, 2.05) is 13.8 Å². The molecule has 6 heteroatoms. The molecular weight excluding hydrogens is 286 g/mol. The Morgan fingerprint density at radius 3 is 2.00 bits per heavy atom. The van der Waals surface area contributed by atoms with Gasteiger partial charge in [-0.25, -0.2) is 0 Å². The number of amides is 1. The molecule has 2 rings (SSSR count). The third-order valence-corrected chi connectivity index (χ3v) is 3.64. The second-order valence-corrected chi connectivity index (χ2v) is 5.37. The summed E-state index contributed by atoms with van der Waals surface area (Å²) in [6.45, 7) is 5.03. The summed E-state index contributed by atoms with van der Waals surface area (Å²) in [4.78, 5) is 14.6. The van der Waals surface area contributed by atoms with E-state index in [4.69, 9.17) is 18.9 Å². The van der Waals surface area contributed by atoms with E-state index < -0.39 is 0 Å². The molecule has 0 N–H and O–H groups in total. The Morgan fingerprint density at radius 2 is 1.50 bits per heavy atom. The van der Waals surface area contributed by atoms with Gasteiger partial charge in [0, 0.05) is 25.2 Å². The van der Waals surface area contributed by atoms with Crippen LogP contribution < -0.4 is 14.2 Å².